The Morgan fingerprint density at radius 1 is 0.970 bits per heavy atom. The fourth-order valence-corrected chi connectivity index (χ4v) is 3.00. The second-order valence-electron chi connectivity index (χ2n) is 8.05. The third-order valence-corrected chi connectivity index (χ3v) is 4.87. The Bertz CT molecular complexity index is 700. The quantitative estimate of drug-likeness (QED) is 0.0499. The van der Waals surface area contributed by atoms with Gasteiger partial charge in [-0.3, -0.25) is 19.4 Å². The number of carbonyl (C=O) groups is 4. The molecule has 0 heterocycles. The van der Waals surface area contributed by atoms with Crippen molar-refractivity contribution in [3.05, 3.63) is 0 Å². The minimum Gasteiger partial charge on any atom is -0.480 e. The topological polar surface area (TPSA) is 235 Å². The monoisotopic (exact) mass is 491 g/mol. The fourth-order valence-electron chi connectivity index (χ4n) is 2.74. The van der Waals surface area contributed by atoms with Gasteiger partial charge in [-0.25, -0.2) is 4.79 Å². The zero-order valence-electron chi connectivity index (χ0n) is 19.2. The molecule has 0 aromatic heterocycles. The van der Waals surface area contributed by atoms with E-state index < -0.39 is 54.0 Å². The SMILES string of the molecule is CC(C)CC(NC(=O)C(N)CCCN=C(N)N)C(=O)NC(CS)C(=O)NC(C(=O)O)C(C)O. The Balaban J connectivity index is 5.14. The van der Waals surface area contributed by atoms with E-state index >= 15 is 0 Å². The van der Waals surface area contributed by atoms with Crippen LogP contribution in [0.3, 0.4) is 0 Å². The second-order valence-corrected chi connectivity index (χ2v) is 8.42. The molecule has 0 rings (SSSR count). The third-order valence-electron chi connectivity index (χ3n) is 4.51. The van der Waals surface area contributed by atoms with Gasteiger partial charge in [-0.15, -0.1) is 0 Å². The molecule has 0 aromatic rings. The summed E-state index contributed by atoms with van der Waals surface area (Å²) in [6.45, 7) is 5.22. The molecule has 0 saturated carbocycles. The van der Waals surface area contributed by atoms with Crippen molar-refractivity contribution in [2.45, 2.75) is 70.3 Å². The highest BCUT2D eigenvalue weighted by Gasteiger charge is 2.31. The summed E-state index contributed by atoms with van der Waals surface area (Å²) in [5.74, 6) is -3.65. The van der Waals surface area contributed by atoms with Crippen LogP contribution in [0.5, 0.6) is 0 Å². The zero-order valence-corrected chi connectivity index (χ0v) is 20.0. The summed E-state index contributed by atoms with van der Waals surface area (Å²) in [4.78, 5) is 52.7. The number of hydrogen-bond donors (Lipinski definition) is 9. The van der Waals surface area contributed by atoms with E-state index in [9.17, 15) is 24.3 Å². The van der Waals surface area contributed by atoms with Crippen molar-refractivity contribution in [1.82, 2.24) is 16.0 Å². The Hall–Kier alpha value is -2.58. The summed E-state index contributed by atoms with van der Waals surface area (Å²) in [5, 5.41) is 25.9. The van der Waals surface area contributed by atoms with Crippen molar-refractivity contribution in [1.29, 1.82) is 0 Å². The van der Waals surface area contributed by atoms with Gasteiger partial charge < -0.3 is 43.4 Å². The lowest BCUT2D eigenvalue weighted by atomic mass is 10.0. The highest BCUT2D eigenvalue weighted by molar-refractivity contribution is 7.80. The van der Waals surface area contributed by atoms with Gasteiger partial charge >= 0.3 is 5.97 Å². The fraction of sp³-hybridized carbons (Fsp3) is 0.737. The largest absolute Gasteiger partial charge is 0.480 e. The maximum absolute atomic E-state index is 12.8. The minimum atomic E-state index is -1.56. The van der Waals surface area contributed by atoms with Gasteiger partial charge in [0.1, 0.15) is 12.1 Å². The van der Waals surface area contributed by atoms with E-state index in [0.29, 0.717) is 13.0 Å². The highest BCUT2D eigenvalue weighted by atomic mass is 32.1. The Morgan fingerprint density at radius 3 is 1.97 bits per heavy atom. The Kier molecular flexibility index (Phi) is 14.1. The molecule has 0 aliphatic heterocycles. The molecule has 3 amide bonds. The molecular formula is C19H37N7O6S. The number of aliphatic hydroxyl groups is 1. The van der Waals surface area contributed by atoms with Crippen LogP contribution in [0.1, 0.15) is 40.0 Å². The number of nitrogens with one attached hydrogen (secondary N) is 3. The zero-order chi connectivity index (χ0) is 25.7. The van der Waals surface area contributed by atoms with E-state index in [2.05, 4.69) is 33.6 Å². The molecule has 0 bridgehead atoms. The molecule has 13 nitrogen and oxygen atoms in total. The molecule has 5 unspecified atom stereocenters. The number of carboxylic acid groups (broad SMARTS) is 1. The first-order valence-corrected chi connectivity index (χ1v) is 11.2. The molecular weight excluding hydrogens is 454 g/mol. The minimum absolute atomic E-state index is 0.0223. The van der Waals surface area contributed by atoms with Gasteiger partial charge in [0, 0.05) is 12.3 Å². The molecule has 0 saturated heterocycles. The van der Waals surface area contributed by atoms with Gasteiger partial charge in [0.15, 0.2) is 12.0 Å². The number of nitrogens with zero attached hydrogens (tertiary/aromatic N) is 1. The molecule has 0 fully saturated rings. The van der Waals surface area contributed by atoms with Gasteiger partial charge in [-0.2, -0.15) is 12.6 Å². The van der Waals surface area contributed by atoms with Crippen molar-refractivity contribution in [3.8, 4) is 0 Å². The molecule has 0 radical (unpaired) electrons. The van der Waals surface area contributed by atoms with Crippen LogP contribution in [0.25, 0.3) is 0 Å². The van der Waals surface area contributed by atoms with Crippen LogP contribution in [0.4, 0.5) is 0 Å². The maximum atomic E-state index is 12.8. The number of aliphatic imine (C=N–C) groups is 1. The number of aliphatic hydroxyl groups excluding tert-OH is 1. The van der Waals surface area contributed by atoms with Crippen molar-refractivity contribution in [3.63, 3.8) is 0 Å². The van der Waals surface area contributed by atoms with Crippen molar-refractivity contribution in [2.75, 3.05) is 12.3 Å². The van der Waals surface area contributed by atoms with Crippen LogP contribution < -0.4 is 33.2 Å². The number of amides is 3. The first-order valence-electron chi connectivity index (χ1n) is 10.5. The molecule has 14 heteroatoms. The summed E-state index contributed by atoms with van der Waals surface area (Å²) in [6.07, 6.45) is -0.339. The Labute approximate surface area is 198 Å². The number of thiol groups is 1. The molecule has 0 aliphatic rings. The number of aliphatic carboxylic acids is 1. The number of rotatable bonds is 15. The lowest BCUT2D eigenvalue weighted by molar-refractivity contribution is -0.145. The van der Waals surface area contributed by atoms with Crippen molar-refractivity contribution < 1.29 is 29.4 Å². The van der Waals surface area contributed by atoms with E-state index in [-0.39, 0.29) is 30.5 Å². The van der Waals surface area contributed by atoms with Crippen molar-refractivity contribution >= 4 is 42.3 Å². The van der Waals surface area contributed by atoms with Crippen LogP contribution in [0.15, 0.2) is 4.99 Å². The van der Waals surface area contributed by atoms with E-state index in [0.717, 1.165) is 0 Å². The number of carbonyl (C=O) groups excluding carboxylic acids is 3. The average molecular weight is 492 g/mol. The number of carboxylic acids is 1. The van der Waals surface area contributed by atoms with Gasteiger partial charge in [-0.05, 0) is 32.1 Å². The second kappa shape index (κ2) is 15.3. The lowest BCUT2D eigenvalue weighted by Crippen LogP contribution is -2.59. The standard InChI is InChI=1S/C19H37N7O6S/c1-9(2)7-12(24-15(28)11(20)5-4-6-23-19(21)22)16(29)25-13(8-33)17(30)26-14(10(3)27)18(31)32/h9-14,27,33H,4-8,20H2,1-3H3,(H,24,28)(H,25,29)(H,26,30)(H,31,32)(H4,21,22,23). The summed E-state index contributed by atoms with van der Waals surface area (Å²) in [6, 6.07) is -4.63. The molecule has 33 heavy (non-hydrogen) atoms. The van der Waals surface area contributed by atoms with Crippen molar-refractivity contribution in [2.24, 2.45) is 28.1 Å². The number of guanidine groups is 1. The maximum Gasteiger partial charge on any atom is 0.328 e. The van der Waals surface area contributed by atoms with E-state index in [1.165, 1.54) is 6.92 Å². The molecule has 0 aliphatic carbocycles. The normalized spacial score (nSPS) is 15.5. The van der Waals surface area contributed by atoms with Gasteiger partial charge in [0.2, 0.25) is 17.7 Å². The molecule has 190 valence electrons. The number of nitrogens with two attached hydrogens (primary N) is 3. The van der Waals surface area contributed by atoms with Crippen LogP contribution in [-0.4, -0.2) is 82.4 Å². The summed E-state index contributed by atoms with van der Waals surface area (Å²) < 4.78 is 0. The van der Waals surface area contributed by atoms with Gasteiger partial charge in [0.25, 0.3) is 0 Å². The predicted octanol–water partition coefficient (Wildman–Crippen LogP) is -2.74. The van der Waals surface area contributed by atoms with E-state index in [4.69, 9.17) is 22.3 Å². The Morgan fingerprint density at radius 2 is 1.52 bits per heavy atom. The van der Waals surface area contributed by atoms with Gasteiger partial charge in [0.05, 0.1) is 12.1 Å². The molecule has 0 aromatic carbocycles. The summed E-state index contributed by atoms with van der Waals surface area (Å²) in [7, 11) is 0. The predicted molar refractivity (Wildman–Crippen MR) is 126 cm³/mol. The van der Waals surface area contributed by atoms with Crippen LogP contribution in [-0.2, 0) is 19.2 Å². The molecule has 0 spiro atoms. The summed E-state index contributed by atoms with van der Waals surface area (Å²) in [5.41, 5.74) is 16.4. The third kappa shape index (κ3) is 12.3. The smallest absolute Gasteiger partial charge is 0.328 e. The van der Waals surface area contributed by atoms with Gasteiger partial charge in [-0.1, -0.05) is 13.8 Å². The van der Waals surface area contributed by atoms with Crippen LogP contribution >= 0.6 is 12.6 Å². The average Bonchev–Trinajstić information content (AvgIpc) is 2.71. The van der Waals surface area contributed by atoms with E-state index in [1.54, 1.807) is 0 Å². The van der Waals surface area contributed by atoms with E-state index in [1.807, 2.05) is 13.8 Å². The first kappa shape index (κ1) is 30.4. The first-order chi connectivity index (χ1) is 15.3. The van der Waals surface area contributed by atoms with Crippen LogP contribution in [0.2, 0.25) is 0 Å². The number of hydrogen-bond acceptors (Lipinski definition) is 8. The highest BCUT2D eigenvalue weighted by Crippen LogP contribution is 2.07. The molecule has 5 atom stereocenters. The molecule has 11 N–H and O–H groups in total. The van der Waals surface area contributed by atoms with Crippen LogP contribution in [0, 0.1) is 5.92 Å². The summed E-state index contributed by atoms with van der Waals surface area (Å²) >= 11 is 4.04. The lowest BCUT2D eigenvalue weighted by Gasteiger charge is -2.25.